The third-order valence-corrected chi connectivity index (χ3v) is 4.01. The largest absolute Gasteiger partial charge is 0.457 e. The fraction of sp³-hybridized carbons (Fsp3) is 0.500. The minimum Gasteiger partial charge on any atom is -0.457 e. The Morgan fingerprint density at radius 2 is 1.91 bits per heavy atom. The van der Waals surface area contributed by atoms with Crippen molar-refractivity contribution in [1.82, 2.24) is 0 Å². The molecule has 1 unspecified atom stereocenters. The summed E-state index contributed by atoms with van der Waals surface area (Å²) in [6, 6.07) is 9.09. The number of esters is 1. The van der Waals surface area contributed by atoms with E-state index in [1.807, 2.05) is 30.3 Å². The van der Waals surface area contributed by atoms with Gasteiger partial charge in [-0.15, -0.1) is 0 Å². The maximum absolute atomic E-state index is 11.5. The molecule has 3 aliphatic heterocycles. The standard InChI is InChI=1S/C16H17NO6/c1-8-17-11-12(20-9(2)18)13-16(23-15(11)19-8)22-14(21-13)10-6-4-3-5-7-10/h3-7,11-16H,1-2H3/t11-,12-,13+,14?,15+,16+/m1/s1. The molecule has 1 aromatic rings. The molecule has 2 saturated heterocycles. The summed E-state index contributed by atoms with van der Waals surface area (Å²) in [7, 11) is 0. The summed E-state index contributed by atoms with van der Waals surface area (Å²) in [4.78, 5) is 15.8. The summed E-state index contributed by atoms with van der Waals surface area (Å²) < 4.78 is 28.6. The van der Waals surface area contributed by atoms with E-state index in [9.17, 15) is 4.79 Å². The van der Waals surface area contributed by atoms with Gasteiger partial charge in [0.15, 0.2) is 36.7 Å². The van der Waals surface area contributed by atoms with E-state index in [4.69, 9.17) is 23.7 Å². The number of hydrogen-bond acceptors (Lipinski definition) is 7. The number of carbonyl (C=O) groups is 1. The van der Waals surface area contributed by atoms with Crippen LogP contribution in [0.1, 0.15) is 25.7 Å². The smallest absolute Gasteiger partial charge is 0.303 e. The van der Waals surface area contributed by atoms with Crippen molar-refractivity contribution >= 4 is 11.9 Å². The van der Waals surface area contributed by atoms with Crippen molar-refractivity contribution in [2.24, 2.45) is 4.99 Å². The van der Waals surface area contributed by atoms with Crippen molar-refractivity contribution < 1.29 is 28.5 Å². The lowest BCUT2D eigenvalue weighted by atomic mass is 10.0. The van der Waals surface area contributed by atoms with Gasteiger partial charge in [-0.2, -0.15) is 0 Å². The highest BCUT2D eigenvalue weighted by molar-refractivity contribution is 5.75. The van der Waals surface area contributed by atoms with Gasteiger partial charge in [0.05, 0.1) is 0 Å². The van der Waals surface area contributed by atoms with Crippen molar-refractivity contribution in [2.75, 3.05) is 0 Å². The molecule has 3 aliphatic rings. The zero-order chi connectivity index (χ0) is 16.0. The Hall–Kier alpha value is -1.96. The van der Waals surface area contributed by atoms with Crippen LogP contribution in [0.5, 0.6) is 0 Å². The number of hydrogen-bond donors (Lipinski definition) is 0. The van der Waals surface area contributed by atoms with E-state index in [2.05, 4.69) is 4.99 Å². The Bertz CT molecular complexity index is 633. The minimum absolute atomic E-state index is 0.402. The minimum atomic E-state index is -0.674. The average Bonchev–Trinajstić information content (AvgIpc) is 3.10. The van der Waals surface area contributed by atoms with Crippen molar-refractivity contribution in [1.29, 1.82) is 0 Å². The van der Waals surface area contributed by atoms with Crippen molar-refractivity contribution in [2.45, 2.75) is 51.0 Å². The van der Waals surface area contributed by atoms with Gasteiger partial charge in [0.1, 0.15) is 0 Å². The number of rotatable bonds is 2. The fourth-order valence-corrected chi connectivity index (χ4v) is 3.08. The molecule has 23 heavy (non-hydrogen) atoms. The van der Waals surface area contributed by atoms with Crippen LogP contribution in [0, 0.1) is 0 Å². The normalized spacial score (nSPS) is 38.3. The molecule has 2 fully saturated rings. The van der Waals surface area contributed by atoms with E-state index < -0.39 is 43.1 Å². The molecule has 0 saturated carbocycles. The molecule has 0 amide bonds. The Morgan fingerprint density at radius 3 is 2.65 bits per heavy atom. The monoisotopic (exact) mass is 319 g/mol. The predicted molar refractivity (Wildman–Crippen MR) is 77.3 cm³/mol. The molecular formula is C16H17NO6. The highest BCUT2D eigenvalue weighted by atomic mass is 16.9. The topological polar surface area (TPSA) is 75.6 Å². The molecule has 0 aromatic heterocycles. The van der Waals surface area contributed by atoms with E-state index in [1.165, 1.54) is 6.92 Å². The number of aliphatic imine (C=N–C) groups is 1. The number of benzene rings is 1. The molecule has 1 aromatic carbocycles. The number of fused-ring (bicyclic) bond motifs is 2. The second-order valence-corrected chi connectivity index (χ2v) is 5.68. The molecular weight excluding hydrogens is 302 g/mol. The van der Waals surface area contributed by atoms with Crippen LogP contribution < -0.4 is 0 Å². The fourth-order valence-electron chi connectivity index (χ4n) is 3.08. The Labute approximate surface area is 133 Å². The molecule has 122 valence electrons. The molecule has 0 bridgehead atoms. The highest BCUT2D eigenvalue weighted by Gasteiger charge is 2.57. The number of ether oxygens (including phenoxy) is 5. The molecule has 0 N–H and O–H groups in total. The number of nitrogens with zero attached hydrogens (tertiary/aromatic N) is 1. The maximum atomic E-state index is 11.5. The van der Waals surface area contributed by atoms with E-state index in [0.717, 1.165) is 5.56 Å². The van der Waals surface area contributed by atoms with Crippen LogP contribution in [0.25, 0.3) is 0 Å². The predicted octanol–water partition coefficient (Wildman–Crippen LogP) is 1.53. The second kappa shape index (κ2) is 5.59. The molecule has 7 nitrogen and oxygen atoms in total. The van der Waals surface area contributed by atoms with Crippen molar-refractivity contribution in [3.63, 3.8) is 0 Å². The Morgan fingerprint density at radius 1 is 1.13 bits per heavy atom. The van der Waals surface area contributed by atoms with Gasteiger partial charge in [0.25, 0.3) is 0 Å². The zero-order valence-electron chi connectivity index (χ0n) is 12.7. The third-order valence-electron chi connectivity index (χ3n) is 4.01. The van der Waals surface area contributed by atoms with Crippen LogP contribution in [0.3, 0.4) is 0 Å². The second-order valence-electron chi connectivity index (χ2n) is 5.68. The summed E-state index contributed by atoms with van der Waals surface area (Å²) in [5, 5.41) is 0. The first-order valence-corrected chi connectivity index (χ1v) is 7.51. The van der Waals surface area contributed by atoms with E-state index in [1.54, 1.807) is 6.92 Å². The Balaban J connectivity index is 1.60. The average molecular weight is 319 g/mol. The van der Waals surface area contributed by atoms with E-state index in [-0.39, 0.29) is 0 Å². The molecule has 4 rings (SSSR count). The van der Waals surface area contributed by atoms with Crippen LogP contribution in [0.2, 0.25) is 0 Å². The summed E-state index contributed by atoms with van der Waals surface area (Å²) in [6.45, 7) is 3.09. The first kappa shape index (κ1) is 14.6. The lowest BCUT2D eigenvalue weighted by molar-refractivity contribution is -0.261. The highest BCUT2D eigenvalue weighted by Crippen LogP contribution is 2.41. The first-order valence-electron chi connectivity index (χ1n) is 7.51. The van der Waals surface area contributed by atoms with Gasteiger partial charge in [-0.05, 0) is 0 Å². The van der Waals surface area contributed by atoms with Crippen LogP contribution in [0.15, 0.2) is 35.3 Å². The van der Waals surface area contributed by atoms with Gasteiger partial charge in [-0.25, -0.2) is 4.99 Å². The van der Waals surface area contributed by atoms with Crippen LogP contribution >= 0.6 is 0 Å². The van der Waals surface area contributed by atoms with E-state index in [0.29, 0.717) is 5.90 Å². The van der Waals surface area contributed by atoms with E-state index >= 15 is 0 Å². The third kappa shape index (κ3) is 2.60. The Kier molecular flexibility index (Phi) is 3.56. The molecule has 3 heterocycles. The van der Waals surface area contributed by atoms with Crippen LogP contribution in [0.4, 0.5) is 0 Å². The molecule has 0 spiro atoms. The zero-order valence-corrected chi connectivity index (χ0v) is 12.7. The van der Waals surface area contributed by atoms with Gasteiger partial charge in [0, 0.05) is 19.4 Å². The lowest BCUT2D eigenvalue weighted by Crippen LogP contribution is -2.56. The van der Waals surface area contributed by atoms with Gasteiger partial charge in [0.2, 0.25) is 6.29 Å². The van der Waals surface area contributed by atoms with Crippen molar-refractivity contribution in [3.05, 3.63) is 35.9 Å². The SMILES string of the molecule is CC(=O)O[C@@H]1[C@H]2N=C(C)O[C@H]2O[C@@H]2OC(c3ccccc3)O[C@H]21. The molecule has 6 atom stereocenters. The van der Waals surface area contributed by atoms with Crippen LogP contribution in [-0.2, 0) is 28.5 Å². The maximum Gasteiger partial charge on any atom is 0.303 e. The first-order chi connectivity index (χ1) is 11.1. The van der Waals surface area contributed by atoms with Gasteiger partial charge < -0.3 is 23.7 Å². The quantitative estimate of drug-likeness (QED) is 0.770. The summed E-state index contributed by atoms with van der Waals surface area (Å²) in [6.07, 6.45) is -3.04. The summed E-state index contributed by atoms with van der Waals surface area (Å²) in [5.74, 6) is 0.0950. The van der Waals surface area contributed by atoms with Crippen molar-refractivity contribution in [3.8, 4) is 0 Å². The lowest BCUT2D eigenvalue weighted by Gasteiger charge is -2.36. The van der Waals surface area contributed by atoms with Gasteiger partial charge >= 0.3 is 5.97 Å². The number of carbonyl (C=O) groups excluding carboxylic acids is 1. The van der Waals surface area contributed by atoms with Gasteiger partial charge in [-0.3, -0.25) is 4.79 Å². The molecule has 7 heteroatoms. The summed E-state index contributed by atoms with van der Waals surface area (Å²) >= 11 is 0. The molecule has 0 radical (unpaired) electrons. The summed E-state index contributed by atoms with van der Waals surface area (Å²) in [5.41, 5.74) is 0.873. The molecule has 0 aliphatic carbocycles. The van der Waals surface area contributed by atoms with Gasteiger partial charge in [-0.1, -0.05) is 30.3 Å². The van der Waals surface area contributed by atoms with Crippen LogP contribution in [-0.4, -0.2) is 42.7 Å².